The Balaban J connectivity index is 1.73. The summed E-state index contributed by atoms with van der Waals surface area (Å²) < 4.78 is 121. The van der Waals surface area contributed by atoms with Crippen molar-refractivity contribution < 1.29 is 44.3 Å². The molecule has 0 bridgehead atoms. The first-order valence-electron chi connectivity index (χ1n) is 10.8. The third kappa shape index (κ3) is 5.72. The van der Waals surface area contributed by atoms with Crippen molar-refractivity contribution in [2.75, 3.05) is 13.1 Å². The standard InChI is InChI=1S/C25H17F9N2O/c26-23(27,28)18-8-17(9-19(11-18)24(29,30)31)20-4-3-14(10-21(20)25(32,33)34)22(37)36-7-5-16(13-36)15-2-1-6-35-12-15/h1-4,6,8-12,16H,5,7,13H2. The van der Waals surface area contributed by atoms with Gasteiger partial charge in [-0.1, -0.05) is 12.1 Å². The minimum absolute atomic E-state index is 0.0788. The fourth-order valence-electron chi connectivity index (χ4n) is 4.29. The van der Waals surface area contributed by atoms with E-state index in [9.17, 15) is 44.3 Å². The lowest BCUT2D eigenvalue weighted by atomic mass is 9.93. The molecule has 0 saturated carbocycles. The maximum Gasteiger partial charge on any atom is 0.417 e. The van der Waals surface area contributed by atoms with E-state index in [-0.39, 0.29) is 42.8 Å². The van der Waals surface area contributed by atoms with Crippen molar-refractivity contribution in [3.05, 3.63) is 88.7 Å². The van der Waals surface area contributed by atoms with Crippen molar-refractivity contribution >= 4 is 5.91 Å². The molecule has 1 aliphatic rings. The molecule has 0 aliphatic carbocycles. The van der Waals surface area contributed by atoms with Crippen LogP contribution in [0.3, 0.4) is 0 Å². The minimum atomic E-state index is -5.23. The molecular formula is C25H17F9N2O. The number of likely N-dealkylation sites (tertiary alicyclic amines) is 1. The molecule has 1 aliphatic heterocycles. The van der Waals surface area contributed by atoms with Crippen LogP contribution in [0.15, 0.2) is 60.9 Å². The second kappa shape index (κ2) is 9.38. The summed E-state index contributed by atoms with van der Waals surface area (Å²) in [6, 6.07) is 5.96. The third-order valence-corrected chi connectivity index (χ3v) is 6.10. The van der Waals surface area contributed by atoms with E-state index in [4.69, 9.17) is 0 Å². The van der Waals surface area contributed by atoms with Crippen molar-refractivity contribution in [2.24, 2.45) is 0 Å². The van der Waals surface area contributed by atoms with Crippen LogP contribution in [0.5, 0.6) is 0 Å². The number of aromatic nitrogens is 1. The van der Waals surface area contributed by atoms with Crippen LogP contribution in [0.2, 0.25) is 0 Å². The molecule has 1 fully saturated rings. The molecule has 3 nitrogen and oxygen atoms in total. The minimum Gasteiger partial charge on any atom is -0.338 e. The molecule has 1 saturated heterocycles. The maximum absolute atomic E-state index is 13.9. The first-order chi connectivity index (χ1) is 17.1. The van der Waals surface area contributed by atoms with Crippen LogP contribution < -0.4 is 0 Å². The summed E-state index contributed by atoms with van der Waals surface area (Å²) in [5, 5.41) is 0. The fraction of sp³-hybridized carbons (Fsp3) is 0.280. The summed E-state index contributed by atoms with van der Waals surface area (Å²) >= 11 is 0. The van der Waals surface area contributed by atoms with Crippen LogP contribution in [-0.2, 0) is 18.5 Å². The van der Waals surface area contributed by atoms with E-state index in [1.807, 2.05) is 6.07 Å². The fourth-order valence-corrected chi connectivity index (χ4v) is 4.29. The molecule has 37 heavy (non-hydrogen) atoms. The Hall–Kier alpha value is -3.57. The van der Waals surface area contributed by atoms with Crippen molar-refractivity contribution in [3.63, 3.8) is 0 Å². The van der Waals surface area contributed by atoms with E-state index in [1.54, 1.807) is 18.5 Å². The zero-order valence-corrected chi connectivity index (χ0v) is 18.7. The molecule has 1 aromatic heterocycles. The molecule has 1 unspecified atom stereocenters. The highest BCUT2D eigenvalue weighted by atomic mass is 19.4. The number of hydrogen-bond donors (Lipinski definition) is 0. The number of pyridine rings is 1. The monoisotopic (exact) mass is 532 g/mol. The Kier molecular flexibility index (Phi) is 6.72. The van der Waals surface area contributed by atoms with Gasteiger partial charge in [-0.05, 0) is 59.5 Å². The molecule has 196 valence electrons. The average Bonchev–Trinajstić information content (AvgIpc) is 3.32. The summed E-state index contributed by atoms with van der Waals surface area (Å²) in [6.07, 6.45) is -11.9. The zero-order chi connectivity index (χ0) is 27.2. The molecule has 12 heteroatoms. The van der Waals surface area contributed by atoms with Gasteiger partial charge in [-0.25, -0.2) is 0 Å². The number of amides is 1. The highest BCUT2D eigenvalue weighted by Crippen LogP contribution is 2.43. The van der Waals surface area contributed by atoms with E-state index in [2.05, 4.69) is 4.98 Å². The highest BCUT2D eigenvalue weighted by Gasteiger charge is 2.39. The lowest BCUT2D eigenvalue weighted by molar-refractivity contribution is -0.143. The summed E-state index contributed by atoms with van der Waals surface area (Å²) in [5.41, 5.74) is -6.37. The second-order valence-electron chi connectivity index (χ2n) is 8.58. The van der Waals surface area contributed by atoms with Crippen molar-refractivity contribution in [1.82, 2.24) is 9.88 Å². The second-order valence-corrected chi connectivity index (χ2v) is 8.58. The predicted molar refractivity (Wildman–Crippen MR) is 114 cm³/mol. The normalized spacial score (nSPS) is 16.8. The number of alkyl halides is 9. The number of carbonyl (C=O) groups excluding carboxylic acids is 1. The number of halogens is 9. The molecule has 3 aromatic rings. The Labute approximate surface area is 204 Å². The SMILES string of the molecule is O=C(c1ccc(-c2cc(C(F)(F)F)cc(C(F)(F)F)c2)c(C(F)(F)F)c1)N1CCC(c2cccnc2)C1. The summed E-state index contributed by atoms with van der Waals surface area (Å²) in [6.45, 7) is 0.472. The van der Waals surface area contributed by atoms with E-state index >= 15 is 0 Å². The maximum atomic E-state index is 13.9. The van der Waals surface area contributed by atoms with Crippen molar-refractivity contribution in [1.29, 1.82) is 0 Å². The Bertz CT molecular complexity index is 1270. The Morgan fingerprint density at radius 1 is 0.838 bits per heavy atom. The van der Waals surface area contributed by atoms with Gasteiger partial charge < -0.3 is 4.90 Å². The van der Waals surface area contributed by atoms with E-state index in [1.165, 1.54) is 4.90 Å². The van der Waals surface area contributed by atoms with Crippen molar-refractivity contribution in [3.8, 4) is 11.1 Å². The Morgan fingerprint density at radius 3 is 2.03 bits per heavy atom. The van der Waals surface area contributed by atoms with Gasteiger partial charge in [0.15, 0.2) is 0 Å². The lowest BCUT2D eigenvalue weighted by Crippen LogP contribution is -2.28. The van der Waals surface area contributed by atoms with Crippen LogP contribution in [0, 0.1) is 0 Å². The van der Waals surface area contributed by atoms with Gasteiger partial charge in [0.25, 0.3) is 5.91 Å². The van der Waals surface area contributed by atoms with Gasteiger partial charge in [-0.15, -0.1) is 0 Å². The lowest BCUT2D eigenvalue weighted by Gasteiger charge is -2.20. The molecule has 4 rings (SSSR count). The first-order valence-corrected chi connectivity index (χ1v) is 10.8. The summed E-state index contributed by atoms with van der Waals surface area (Å²) in [7, 11) is 0. The van der Waals surface area contributed by atoms with Crippen molar-refractivity contribution in [2.45, 2.75) is 30.9 Å². The van der Waals surface area contributed by atoms with Crippen LogP contribution in [-0.4, -0.2) is 28.9 Å². The average molecular weight is 532 g/mol. The van der Waals surface area contributed by atoms with Gasteiger partial charge in [-0.3, -0.25) is 9.78 Å². The number of rotatable bonds is 3. The van der Waals surface area contributed by atoms with Gasteiger partial charge in [0, 0.05) is 37.0 Å². The van der Waals surface area contributed by atoms with E-state index < -0.39 is 52.3 Å². The van der Waals surface area contributed by atoms with E-state index in [0.717, 1.165) is 17.7 Å². The molecule has 0 N–H and O–H groups in total. The van der Waals surface area contributed by atoms with Crippen LogP contribution in [0.25, 0.3) is 11.1 Å². The first kappa shape index (κ1) is 26.5. The summed E-state index contributed by atoms with van der Waals surface area (Å²) in [5.74, 6) is -0.812. The predicted octanol–water partition coefficient (Wildman–Crippen LogP) is 7.43. The van der Waals surface area contributed by atoms with Gasteiger partial charge in [-0.2, -0.15) is 39.5 Å². The molecule has 0 radical (unpaired) electrons. The Morgan fingerprint density at radius 2 is 1.49 bits per heavy atom. The molecule has 2 aromatic carbocycles. The van der Waals surface area contributed by atoms with Gasteiger partial charge >= 0.3 is 18.5 Å². The van der Waals surface area contributed by atoms with Crippen LogP contribution in [0.4, 0.5) is 39.5 Å². The van der Waals surface area contributed by atoms with Gasteiger partial charge in [0.1, 0.15) is 0 Å². The van der Waals surface area contributed by atoms with Crippen LogP contribution >= 0.6 is 0 Å². The molecule has 2 heterocycles. The zero-order valence-electron chi connectivity index (χ0n) is 18.7. The highest BCUT2D eigenvalue weighted by molar-refractivity contribution is 5.95. The quantitative estimate of drug-likeness (QED) is 0.329. The largest absolute Gasteiger partial charge is 0.417 e. The van der Waals surface area contributed by atoms with Gasteiger partial charge in [0.2, 0.25) is 0 Å². The van der Waals surface area contributed by atoms with Crippen LogP contribution in [0.1, 0.15) is 45.0 Å². The van der Waals surface area contributed by atoms with Gasteiger partial charge in [0.05, 0.1) is 16.7 Å². The third-order valence-electron chi connectivity index (χ3n) is 6.10. The number of hydrogen-bond acceptors (Lipinski definition) is 2. The molecular weight excluding hydrogens is 515 g/mol. The molecule has 1 atom stereocenters. The molecule has 0 spiro atoms. The van der Waals surface area contributed by atoms with E-state index in [0.29, 0.717) is 12.5 Å². The number of carbonyl (C=O) groups is 1. The summed E-state index contributed by atoms with van der Waals surface area (Å²) in [4.78, 5) is 18.3. The topological polar surface area (TPSA) is 33.2 Å². The number of benzene rings is 2. The number of nitrogens with zero attached hydrogens (tertiary/aromatic N) is 2. The molecule has 1 amide bonds. The smallest absolute Gasteiger partial charge is 0.338 e.